The Morgan fingerprint density at radius 2 is 2.20 bits per heavy atom. The molecule has 1 amide bonds. The van der Waals surface area contributed by atoms with Crippen molar-refractivity contribution in [1.29, 1.82) is 0 Å². The highest BCUT2D eigenvalue weighted by atomic mass is 79.9. The summed E-state index contributed by atoms with van der Waals surface area (Å²) in [6.07, 6.45) is 5.49. The van der Waals surface area contributed by atoms with Crippen LogP contribution in [0.5, 0.6) is 0 Å². The van der Waals surface area contributed by atoms with Crippen molar-refractivity contribution in [2.75, 3.05) is 13.6 Å². The topological polar surface area (TPSA) is 20.3 Å². The van der Waals surface area contributed by atoms with E-state index in [0.29, 0.717) is 11.5 Å². The van der Waals surface area contributed by atoms with Gasteiger partial charge < -0.3 is 4.90 Å². The summed E-state index contributed by atoms with van der Waals surface area (Å²) >= 11 is 7.82. The zero-order valence-corrected chi connectivity index (χ0v) is 14.2. The van der Waals surface area contributed by atoms with Gasteiger partial charge in [-0.05, 0) is 55.2 Å². The van der Waals surface area contributed by atoms with E-state index in [-0.39, 0.29) is 5.91 Å². The van der Waals surface area contributed by atoms with Gasteiger partial charge in [-0.25, -0.2) is 0 Å². The average Bonchev–Trinajstić information content (AvgIpc) is 3.00. The molecule has 0 aromatic heterocycles. The molecular weight excluding hydrogens is 334 g/mol. The highest BCUT2D eigenvalue weighted by molar-refractivity contribution is 9.10. The number of nitrogens with zero attached hydrogens (tertiary/aromatic N) is 1. The van der Waals surface area contributed by atoms with Crippen molar-refractivity contribution in [3.8, 4) is 0 Å². The molecule has 3 atom stereocenters. The lowest BCUT2D eigenvalue weighted by Gasteiger charge is -2.27. The molecule has 2 nitrogen and oxygen atoms in total. The summed E-state index contributed by atoms with van der Waals surface area (Å²) in [6.45, 7) is 0.892. The highest BCUT2D eigenvalue weighted by Gasteiger charge is 2.40. The molecule has 2 fully saturated rings. The molecule has 4 heteroatoms. The van der Waals surface area contributed by atoms with Gasteiger partial charge in [-0.15, -0.1) is 12.6 Å². The maximum Gasteiger partial charge on any atom is 0.254 e. The lowest BCUT2D eigenvalue weighted by atomic mass is 9.88. The number of fused-ring (bicyclic) bond motifs is 2. The van der Waals surface area contributed by atoms with E-state index in [2.05, 4.69) is 28.6 Å². The third-order valence-electron chi connectivity index (χ3n) is 4.93. The smallest absolute Gasteiger partial charge is 0.254 e. The number of benzene rings is 1. The number of halogens is 1. The maximum atomic E-state index is 12.5. The molecule has 108 valence electrons. The van der Waals surface area contributed by atoms with Gasteiger partial charge in [0.25, 0.3) is 5.91 Å². The van der Waals surface area contributed by atoms with Crippen molar-refractivity contribution < 1.29 is 4.79 Å². The molecule has 0 saturated heterocycles. The van der Waals surface area contributed by atoms with Gasteiger partial charge in [0.1, 0.15) is 0 Å². The monoisotopic (exact) mass is 353 g/mol. The van der Waals surface area contributed by atoms with Crippen molar-refractivity contribution in [2.45, 2.75) is 30.6 Å². The number of hydrogen-bond acceptors (Lipinski definition) is 2. The molecule has 0 aliphatic heterocycles. The molecule has 1 aromatic carbocycles. The second-order valence-corrected chi connectivity index (χ2v) is 7.68. The Morgan fingerprint density at radius 1 is 1.40 bits per heavy atom. The third kappa shape index (κ3) is 2.77. The van der Waals surface area contributed by atoms with Gasteiger partial charge in [0.2, 0.25) is 0 Å². The first kappa shape index (κ1) is 14.5. The summed E-state index contributed by atoms with van der Waals surface area (Å²) in [5.41, 5.74) is 0.696. The molecule has 2 aliphatic rings. The van der Waals surface area contributed by atoms with E-state index in [1.807, 2.05) is 30.1 Å². The summed E-state index contributed by atoms with van der Waals surface area (Å²) in [6, 6.07) is 5.63. The Kier molecular flexibility index (Phi) is 4.14. The Hall–Kier alpha value is -0.480. The van der Waals surface area contributed by atoms with Crippen LogP contribution in [0.2, 0.25) is 0 Å². The fourth-order valence-corrected chi connectivity index (χ4v) is 4.77. The number of rotatable bonds is 3. The van der Waals surface area contributed by atoms with Crippen LogP contribution in [-0.2, 0) is 0 Å². The summed E-state index contributed by atoms with van der Waals surface area (Å²) in [5.74, 6) is 2.59. The van der Waals surface area contributed by atoms with E-state index in [1.165, 1.54) is 25.7 Å². The van der Waals surface area contributed by atoms with E-state index in [4.69, 9.17) is 0 Å². The van der Waals surface area contributed by atoms with Crippen LogP contribution in [0.4, 0.5) is 0 Å². The van der Waals surface area contributed by atoms with Crippen molar-refractivity contribution in [1.82, 2.24) is 4.90 Å². The van der Waals surface area contributed by atoms with Gasteiger partial charge in [-0.1, -0.05) is 22.4 Å². The fraction of sp³-hybridized carbons (Fsp3) is 0.562. The summed E-state index contributed by atoms with van der Waals surface area (Å²) in [7, 11) is 1.92. The first-order chi connectivity index (χ1) is 9.54. The van der Waals surface area contributed by atoms with Gasteiger partial charge in [0.15, 0.2) is 0 Å². The second-order valence-electron chi connectivity index (χ2n) is 6.28. The van der Waals surface area contributed by atoms with Crippen LogP contribution in [0, 0.1) is 17.8 Å². The van der Waals surface area contributed by atoms with Gasteiger partial charge in [-0.3, -0.25) is 4.79 Å². The van der Waals surface area contributed by atoms with E-state index in [1.54, 1.807) is 0 Å². The molecule has 2 saturated carbocycles. The van der Waals surface area contributed by atoms with Crippen LogP contribution in [-0.4, -0.2) is 24.4 Å². The quantitative estimate of drug-likeness (QED) is 0.805. The fourth-order valence-electron chi connectivity index (χ4n) is 3.93. The van der Waals surface area contributed by atoms with Crippen molar-refractivity contribution in [3.05, 3.63) is 28.2 Å². The minimum atomic E-state index is 0.0882. The molecule has 20 heavy (non-hydrogen) atoms. The average molecular weight is 354 g/mol. The van der Waals surface area contributed by atoms with Gasteiger partial charge in [-0.2, -0.15) is 0 Å². The van der Waals surface area contributed by atoms with Crippen molar-refractivity contribution >= 4 is 34.5 Å². The molecule has 1 aromatic rings. The Morgan fingerprint density at radius 3 is 2.80 bits per heavy atom. The molecular formula is C16H20BrNOS. The second kappa shape index (κ2) is 5.72. The molecule has 0 heterocycles. The summed E-state index contributed by atoms with van der Waals surface area (Å²) < 4.78 is 0.954. The Labute approximate surface area is 134 Å². The molecule has 0 spiro atoms. The molecule has 2 bridgehead atoms. The SMILES string of the molecule is CN(CC1CC2CCC1C2)C(=O)c1ccc(Br)cc1S. The molecule has 0 radical (unpaired) electrons. The van der Waals surface area contributed by atoms with Gasteiger partial charge >= 0.3 is 0 Å². The molecule has 3 rings (SSSR count). The van der Waals surface area contributed by atoms with E-state index in [0.717, 1.165) is 27.7 Å². The number of carbonyl (C=O) groups is 1. The predicted octanol–water partition coefficient (Wildman–Crippen LogP) is 4.25. The number of hydrogen-bond donors (Lipinski definition) is 1. The Bertz CT molecular complexity index is 533. The highest BCUT2D eigenvalue weighted by Crippen LogP contribution is 2.48. The van der Waals surface area contributed by atoms with Crippen LogP contribution in [0.3, 0.4) is 0 Å². The first-order valence-electron chi connectivity index (χ1n) is 7.28. The van der Waals surface area contributed by atoms with E-state index < -0.39 is 0 Å². The van der Waals surface area contributed by atoms with E-state index >= 15 is 0 Å². The third-order valence-corrected chi connectivity index (χ3v) is 5.79. The summed E-state index contributed by atoms with van der Waals surface area (Å²) in [4.78, 5) is 15.2. The van der Waals surface area contributed by atoms with Crippen molar-refractivity contribution in [2.24, 2.45) is 17.8 Å². The zero-order valence-electron chi connectivity index (χ0n) is 11.7. The predicted molar refractivity (Wildman–Crippen MR) is 87.3 cm³/mol. The number of carbonyl (C=O) groups excluding carboxylic acids is 1. The normalized spacial score (nSPS) is 27.9. The standard InChI is InChI=1S/C16H20BrNOS/c1-18(9-12-7-10-2-3-11(12)6-10)16(19)14-5-4-13(17)8-15(14)20/h4-5,8,10-12,20H,2-3,6-7,9H2,1H3. The first-order valence-corrected chi connectivity index (χ1v) is 8.52. The van der Waals surface area contributed by atoms with Crippen LogP contribution in [0.25, 0.3) is 0 Å². The van der Waals surface area contributed by atoms with E-state index in [9.17, 15) is 4.79 Å². The Balaban J connectivity index is 1.67. The van der Waals surface area contributed by atoms with Gasteiger partial charge in [0.05, 0.1) is 5.56 Å². The zero-order chi connectivity index (χ0) is 14.3. The van der Waals surface area contributed by atoms with Crippen molar-refractivity contribution in [3.63, 3.8) is 0 Å². The lowest BCUT2D eigenvalue weighted by molar-refractivity contribution is 0.0751. The largest absolute Gasteiger partial charge is 0.341 e. The van der Waals surface area contributed by atoms with Crippen LogP contribution in [0.1, 0.15) is 36.0 Å². The van der Waals surface area contributed by atoms with Crippen LogP contribution >= 0.6 is 28.6 Å². The maximum absolute atomic E-state index is 12.5. The molecule has 3 unspecified atom stereocenters. The minimum absolute atomic E-state index is 0.0882. The van der Waals surface area contributed by atoms with Crippen LogP contribution < -0.4 is 0 Å². The number of amides is 1. The number of thiol groups is 1. The minimum Gasteiger partial charge on any atom is -0.341 e. The molecule has 0 N–H and O–H groups in total. The lowest BCUT2D eigenvalue weighted by Crippen LogP contribution is -2.34. The van der Waals surface area contributed by atoms with Crippen LogP contribution in [0.15, 0.2) is 27.6 Å². The molecule has 2 aliphatic carbocycles. The van der Waals surface area contributed by atoms with Gasteiger partial charge in [0, 0.05) is 23.0 Å². The summed E-state index contributed by atoms with van der Waals surface area (Å²) in [5, 5.41) is 0.